The average Bonchev–Trinajstić information content (AvgIpc) is 2.32. The third kappa shape index (κ3) is 4.44. The molecule has 0 aromatic carbocycles. The van der Waals surface area contributed by atoms with Crippen LogP contribution in [0.25, 0.3) is 0 Å². The Morgan fingerprint density at radius 3 is 2.12 bits per heavy atom. The van der Waals surface area contributed by atoms with E-state index >= 15 is 0 Å². The smallest absolute Gasteiger partial charge is 0.448 e. The van der Waals surface area contributed by atoms with Crippen molar-refractivity contribution in [2.24, 2.45) is 0 Å². The average molecular weight is 247 g/mol. The van der Waals surface area contributed by atoms with Crippen molar-refractivity contribution in [2.75, 3.05) is 21.3 Å². The van der Waals surface area contributed by atoms with E-state index in [9.17, 15) is 4.79 Å². The van der Waals surface area contributed by atoms with Crippen LogP contribution in [0.15, 0.2) is 11.6 Å². The quantitative estimate of drug-likeness (QED) is 0.503. The molecule has 16 heavy (non-hydrogen) atoms. The molecule has 0 aromatic rings. The Bertz CT molecular complexity index is 239. The molecule has 0 rings (SSSR count). The summed E-state index contributed by atoms with van der Waals surface area (Å²) in [4.78, 5) is 11.6. The molecule has 0 aliphatic heterocycles. The molecule has 0 amide bonds. The minimum atomic E-state index is -3.29. The van der Waals surface area contributed by atoms with E-state index < -0.39 is 15.0 Å². The van der Waals surface area contributed by atoms with E-state index in [4.69, 9.17) is 17.7 Å². The molecule has 5 nitrogen and oxygen atoms in total. The molecule has 0 atom stereocenters. The second-order valence-corrected chi connectivity index (χ2v) is 5.46. The Morgan fingerprint density at radius 1 is 1.25 bits per heavy atom. The van der Waals surface area contributed by atoms with Gasteiger partial charge in [-0.15, -0.1) is 0 Å². The first-order valence-corrected chi connectivity index (χ1v) is 6.53. The largest absolute Gasteiger partial charge is 0.751 e. The molecule has 0 N–H and O–H groups in total. The van der Waals surface area contributed by atoms with Crippen LogP contribution in [-0.4, -0.2) is 36.3 Å². The van der Waals surface area contributed by atoms with Gasteiger partial charge in [0, 0.05) is 26.9 Å². The van der Waals surface area contributed by atoms with E-state index in [1.165, 1.54) is 21.3 Å². The van der Waals surface area contributed by atoms with Crippen molar-refractivity contribution in [3.05, 3.63) is 18.6 Å². The van der Waals surface area contributed by atoms with Crippen LogP contribution in [0.5, 0.6) is 0 Å². The summed E-state index contributed by atoms with van der Waals surface area (Å²) in [6, 6.07) is 0. The molecule has 0 spiro atoms. The minimum absolute atomic E-state index is 0.492. The predicted octanol–water partition coefficient (Wildman–Crippen LogP) is 1.46. The lowest BCUT2D eigenvalue weighted by molar-refractivity contribution is -0.138. The summed E-state index contributed by atoms with van der Waals surface area (Å²) in [6.07, 6.45) is 3.21. The fraction of sp³-hybridized carbons (Fsp3) is 0.600. The maximum atomic E-state index is 11.6. The van der Waals surface area contributed by atoms with Gasteiger partial charge in [-0.25, -0.2) is 4.79 Å². The van der Waals surface area contributed by atoms with E-state index in [0.717, 1.165) is 12.8 Å². The van der Waals surface area contributed by atoms with Gasteiger partial charge in [-0.1, -0.05) is 13.0 Å². The third-order valence-corrected chi connectivity index (χ3v) is 3.88. The fourth-order valence-electron chi connectivity index (χ4n) is 0.971. The van der Waals surface area contributed by atoms with Crippen molar-refractivity contribution in [3.8, 4) is 0 Å². The molecule has 0 heterocycles. The highest BCUT2D eigenvalue weighted by Crippen LogP contribution is 2.11. The van der Waals surface area contributed by atoms with Crippen LogP contribution in [0.2, 0.25) is 0 Å². The first-order chi connectivity index (χ1) is 7.55. The number of hydrogen-bond acceptors (Lipinski definition) is 5. The number of hydrogen-bond donors (Lipinski definition) is 0. The second-order valence-electron chi connectivity index (χ2n) is 3.03. The van der Waals surface area contributed by atoms with Gasteiger partial charge < -0.3 is 17.7 Å². The molecule has 0 saturated carbocycles. The van der Waals surface area contributed by atoms with Gasteiger partial charge in [0.1, 0.15) is 0 Å². The van der Waals surface area contributed by atoms with Crippen LogP contribution in [0.3, 0.4) is 0 Å². The molecule has 0 bridgehead atoms. The number of rotatable bonds is 7. The molecule has 0 fully saturated rings. The Kier molecular flexibility index (Phi) is 7.23. The van der Waals surface area contributed by atoms with Gasteiger partial charge in [0.05, 0.1) is 0 Å². The zero-order valence-electron chi connectivity index (χ0n) is 10.2. The summed E-state index contributed by atoms with van der Waals surface area (Å²) in [6.45, 7) is 5.34. The molecular formula is C10H19O5Si. The molecule has 93 valence electrons. The summed E-state index contributed by atoms with van der Waals surface area (Å²) in [7, 11) is 0.841. The SMILES string of the molecule is [CH2]CCC=C(C)C(=O)O[Si](OC)(OC)OC. The highest BCUT2D eigenvalue weighted by Gasteiger charge is 2.47. The maximum absolute atomic E-state index is 11.6. The molecule has 0 aliphatic rings. The van der Waals surface area contributed by atoms with Crippen LogP contribution in [0, 0.1) is 6.92 Å². The van der Waals surface area contributed by atoms with Gasteiger partial charge in [-0.3, -0.25) is 0 Å². The van der Waals surface area contributed by atoms with Gasteiger partial charge in [0.2, 0.25) is 0 Å². The van der Waals surface area contributed by atoms with Crippen molar-refractivity contribution in [2.45, 2.75) is 19.8 Å². The van der Waals surface area contributed by atoms with E-state index in [0.29, 0.717) is 5.57 Å². The predicted molar refractivity (Wildman–Crippen MR) is 61.2 cm³/mol. The fourth-order valence-corrected chi connectivity index (χ4v) is 2.11. The summed E-state index contributed by atoms with van der Waals surface area (Å²) < 4.78 is 20.0. The van der Waals surface area contributed by atoms with Gasteiger partial charge in [0.15, 0.2) is 0 Å². The van der Waals surface area contributed by atoms with Gasteiger partial charge in [0.25, 0.3) is 0 Å². The number of carbonyl (C=O) groups is 1. The molecule has 0 saturated heterocycles. The zero-order valence-corrected chi connectivity index (χ0v) is 11.2. The Labute approximate surface area is 97.8 Å². The van der Waals surface area contributed by atoms with Crippen molar-refractivity contribution < 1.29 is 22.5 Å². The zero-order chi connectivity index (χ0) is 12.6. The lowest BCUT2D eigenvalue weighted by Gasteiger charge is -2.22. The summed E-state index contributed by atoms with van der Waals surface area (Å²) >= 11 is 0. The lowest BCUT2D eigenvalue weighted by atomic mass is 10.2. The van der Waals surface area contributed by atoms with E-state index in [1.54, 1.807) is 13.0 Å². The van der Waals surface area contributed by atoms with E-state index in [2.05, 4.69) is 6.92 Å². The van der Waals surface area contributed by atoms with Crippen LogP contribution < -0.4 is 0 Å². The first kappa shape index (κ1) is 15.3. The first-order valence-electron chi connectivity index (χ1n) is 4.90. The molecule has 6 heteroatoms. The van der Waals surface area contributed by atoms with E-state index in [1.807, 2.05) is 0 Å². The Balaban J connectivity index is 4.52. The highest BCUT2D eigenvalue weighted by atomic mass is 28.4. The van der Waals surface area contributed by atoms with Gasteiger partial charge in [-0.2, -0.15) is 0 Å². The van der Waals surface area contributed by atoms with Gasteiger partial charge in [-0.05, 0) is 19.8 Å². The lowest BCUT2D eigenvalue weighted by Crippen LogP contribution is -2.48. The number of allylic oxidation sites excluding steroid dienone is 1. The number of carbonyl (C=O) groups excluding carboxylic acids is 1. The highest BCUT2D eigenvalue weighted by molar-refractivity contribution is 6.55. The summed E-state index contributed by atoms with van der Waals surface area (Å²) in [5, 5.41) is 0. The topological polar surface area (TPSA) is 54.0 Å². The maximum Gasteiger partial charge on any atom is 0.751 e. The standard InChI is InChI=1S/C10H19O5Si/c1-6-7-8-9(2)10(11)15-16(12-3,13-4)14-5/h8H,1,6-7H2,2-5H3. The Hall–Kier alpha value is -0.693. The normalized spacial score (nSPS) is 12.7. The molecule has 1 radical (unpaired) electrons. The van der Waals surface area contributed by atoms with Crippen LogP contribution in [0.1, 0.15) is 19.8 Å². The van der Waals surface area contributed by atoms with Gasteiger partial charge >= 0.3 is 15.0 Å². The number of unbranched alkanes of at least 4 members (excludes halogenated alkanes) is 1. The molecule has 0 aliphatic carbocycles. The van der Waals surface area contributed by atoms with Crippen LogP contribution in [0.4, 0.5) is 0 Å². The van der Waals surface area contributed by atoms with Crippen LogP contribution >= 0.6 is 0 Å². The van der Waals surface area contributed by atoms with E-state index in [-0.39, 0.29) is 0 Å². The molecule has 0 aromatic heterocycles. The van der Waals surface area contributed by atoms with Crippen molar-refractivity contribution in [1.29, 1.82) is 0 Å². The van der Waals surface area contributed by atoms with Crippen molar-refractivity contribution in [3.63, 3.8) is 0 Å². The third-order valence-electron chi connectivity index (χ3n) is 1.94. The van der Waals surface area contributed by atoms with Crippen molar-refractivity contribution >= 4 is 15.0 Å². The Morgan fingerprint density at radius 2 is 1.75 bits per heavy atom. The summed E-state index contributed by atoms with van der Waals surface area (Å²) in [5.41, 5.74) is 0.492. The molecular weight excluding hydrogens is 228 g/mol. The summed E-state index contributed by atoms with van der Waals surface area (Å²) in [5.74, 6) is -0.495. The van der Waals surface area contributed by atoms with Crippen LogP contribution in [-0.2, 0) is 22.5 Å². The molecule has 0 unspecified atom stereocenters. The van der Waals surface area contributed by atoms with Crippen molar-refractivity contribution in [1.82, 2.24) is 0 Å². The second kappa shape index (κ2) is 7.56. The minimum Gasteiger partial charge on any atom is -0.448 e. The monoisotopic (exact) mass is 247 g/mol.